The molecule has 74 valence electrons. The minimum Gasteiger partial charge on any atom is -0.412 e. The maximum Gasteiger partial charge on any atom is 0.0192 e. The van der Waals surface area contributed by atoms with Gasteiger partial charge in [0.1, 0.15) is 0 Å². The van der Waals surface area contributed by atoms with Crippen molar-refractivity contribution in [3.05, 3.63) is 0 Å². The summed E-state index contributed by atoms with van der Waals surface area (Å²) in [5.74, 6) is 0. The fourth-order valence-electron chi connectivity index (χ4n) is 1.19. The Morgan fingerprint density at radius 3 is 1.27 bits per heavy atom. The van der Waals surface area contributed by atoms with Crippen LogP contribution in [0.1, 0.15) is 25.7 Å². The van der Waals surface area contributed by atoms with Gasteiger partial charge in [-0.3, -0.25) is 0 Å². The molecule has 0 amide bonds. The van der Waals surface area contributed by atoms with Crippen LogP contribution in [0.5, 0.6) is 0 Å². The number of rotatable bonds is 0. The second-order valence-corrected chi connectivity index (χ2v) is 2.61. The molecule has 0 radical (unpaired) electrons. The third-order valence-corrected chi connectivity index (χ3v) is 1.87. The van der Waals surface area contributed by atoms with Crippen molar-refractivity contribution < 1.29 is 32.0 Å². The van der Waals surface area contributed by atoms with E-state index in [0.29, 0.717) is 0 Å². The normalized spacial score (nSPS) is 28.9. The monoisotopic (exact) mass is 345 g/mol. The van der Waals surface area contributed by atoms with Gasteiger partial charge < -0.3 is 22.4 Å². The molecule has 11 heavy (non-hydrogen) atoms. The summed E-state index contributed by atoms with van der Waals surface area (Å²) in [7, 11) is 0. The van der Waals surface area contributed by atoms with Gasteiger partial charge in [0.25, 0.3) is 0 Å². The molecule has 1 saturated carbocycles. The Bertz CT molecular complexity index is 75.0. The first-order valence-electron chi connectivity index (χ1n) is 3.32. The molecule has 0 aliphatic heterocycles. The molecular formula is C6H18N2O2Pt. The standard InChI is InChI=1S/C6H14N2.2H2O.Pt/c7-5-3-1-2-4-6(5)8;;;/h5-6H,1-4,7-8H2;2*1H2;. The smallest absolute Gasteiger partial charge is 0.0192 e. The van der Waals surface area contributed by atoms with Crippen LogP contribution in [0.15, 0.2) is 0 Å². The van der Waals surface area contributed by atoms with E-state index in [9.17, 15) is 0 Å². The van der Waals surface area contributed by atoms with E-state index in [-0.39, 0.29) is 44.1 Å². The van der Waals surface area contributed by atoms with Crippen LogP contribution in [-0.4, -0.2) is 23.0 Å². The Morgan fingerprint density at radius 1 is 0.818 bits per heavy atom. The third kappa shape index (κ3) is 5.76. The van der Waals surface area contributed by atoms with Gasteiger partial charge in [0, 0.05) is 33.1 Å². The summed E-state index contributed by atoms with van der Waals surface area (Å²) >= 11 is 0. The van der Waals surface area contributed by atoms with Gasteiger partial charge in [-0.25, -0.2) is 0 Å². The largest absolute Gasteiger partial charge is 0.412 e. The minimum atomic E-state index is 0. The van der Waals surface area contributed by atoms with Gasteiger partial charge >= 0.3 is 0 Å². The van der Waals surface area contributed by atoms with E-state index in [1.54, 1.807) is 0 Å². The maximum absolute atomic E-state index is 5.65. The SMILES string of the molecule is NC1CCCCC1N.O.O.[Pt]. The van der Waals surface area contributed by atoms with Crippen LogP contribution >= 0.6 is 0 Å². The van der Waals surface area contributed by atoms with Crippen molar-refractivity contribution in [1.82, 2.24) is 0 Å². The molecule has 0 heterocycles. The van der Waals surface area contributed by atoms with E-state index in [0.717, 1.165) is 12.8 Å². The van der Waals surface area contributed by atoms with Gasteiger partial charge in [0.15, 0.2) is 0 Å². The van der Waals surface area contributed by atoms with Crippen LogP contribution < -0.4 is 11.5 Å². The van der Waals surface area contributed by atoms with Gasteiger partial charge in [0.2, 0.25) is 0 Å². The van der Waals surface area contributed by atoms with Crippen LogP contribution in [0, 0.1) is 0 Å². The topological polar surface area (TPSA) is 115 Å². The molecule has 1 rings (SSSR count). The summed E-state index contributed by atoms with van der Waals surface area (Å²) in [5, 5.41) is 0. The second-order valence-electron chi connectivity index (χ2n) is 2.61. The summed E-state index contributed by atoms with van der Waals surface area (Å²) in [5.41, 5.74) is 11.3. The Balaban J connectivity index is -0.000000213. The predicted molar refractivity (Wildman–Crippen MR) is 41.6 cm³/mol. The van der Waals surface area contributed by atoms with E-state index in [2.05, 4.69) is 0 Å². The molecule has 0 aromatic heterocycles. The molecule has 0 aromatic rings. The number of nitrogens with two attached hydrogens (primary N) is 2. The average Bonchev–Trinajstić information content (AvgIpc) is 1.77. The molecule has 1 aliphatic rings. The van der Waals surface area contributed by atoms with Crippen molar-refractivity contribution in [2.45, 2.75) is 37.8 Å². The number of hydrogen-bond acceptors (Lipinski definition) is 2. The molecule has 0 spiro atoms. The Labute approximate surface area is 81.6 Å². The predicted octanol–water partition coefficient (Wildman–Crippen LogP) is -1.44. The van der Waals surface area contributed by atoms with Crippen molar-refractivity contribution in [3.63, 3.8) is 0 Å². The summed E-state index contributed by atoms with van der Waals surface area (Å²) in [6.45, 7) is 0. The molecule has 1 aliphatic carbocycles. The van der Waals surface area contributed by atoms with Gasteiger partial charge in [-0.05, 0) is 12.8 Å². The molecule has 2 unspecified atom stereocenters. The van der Waals surface area contributed by atoms with Crippen LogP contribution in [0.2, 0.25) is 0 Å². The van der Waals surface area contributed by atoms with Crippen LogP contribution in [0.4, 0.5) is 0 Å². The fraction of sp³-hybridized carbons (Fsp3) is 1.00. The molecule has 5 heteroatoms. The Hall–Kier alpha value is 0.528. The molecule has 8 N–H and O–H groups in total. The van der Waals surface area contributed by atoms with Crippen LogP contribution in [0.25, 0.3) is 0 Å². The molecule has 4 nitrogen and oxygen atoms in total. The Kier molecular flexibility index (Phi) is 13.8. The second kappa shape index (κ2) is 8.62. The third-order valence-electron chi connectivity index (χ3n) is 1.87. The molecule has 0 saturated heterocycles. The van der Waals surface area contributed by atoms with Crippen molar-refractivity contribution in [3.8, 4) is 0 Å². The van der Waals surface area contributed by atoms with Crippen molar-refractivity contribution in [1.29, 1.82) is 0 Å². The zero-order chi connectivity index (χ0) is 5.98. The molecular weight excluding hydrogens is 327 g/mol. The van der Waals surface area contributed by atoms with Crippen molar-refractivity contribution in [2.24, 2.45) is 11.5 Å². The summed E-state index contributed by atoms with van der Waals surface area (Å²) in [6, 6.07) is 0.562. The van der Waals surface area contributed by atoms with E-state index in [1.165, 1.54) is 12.8 Å². The number of hydrogen-bond donors (Lipinski definition) is 2. The molecule has 1 fully saturated rings. The first kappa shape index (κ1) is 17.6. The maximum atomic E-state index is 5.65. The summed E-state index contributed by atoms with van der Waals surface area (Å²) < 4.78 is 0. The molecule has 2 atom stereocenters. The summed E-state index contributed by atoms with van der Waals surface area (Å²) in [6.07, 6.45) is 4.80. The van der Waals surface area contributed by atoms with Gasteiger partial charge in [-0.1, -0.05) is 12.8 Å². The fourth-order valence-corrected chi connectivity index (χ4v) is 1.19. The Morgan fingerprint density at radius 2 is 1.09 bits per heavy atom. The van der Waals surface area contributed by atoms with Gasteiger partial charge in [-0.2, -0.15) is 0 Å². The van der Waals surface area contributed by atoms with Crippen molar-refractivity contribution >= 4 is 0 Å². The summed E-state index contributed by atoms with van der Waals surface area (Å²) in [4.78, 5) is 0. The zero-order valence-corrected chi connectivity index (χ0v) is 8.73. The average molecular weight is 345 g/mol. The van der Waals surface area contributed by atoms with Crippen LogP contribution in [0.3, 0.4) is 0 Å². The minimum absolute atomic E-state index is 0. The van der Waals surface area contributed by atoms with E-state index >= 15 is 0 Å². The first-order chi connectivity index (χ1) is 3.80. The van der Waals surface area contributed by atoms with Crippen molar-refractivity contribution in [2.75, 3.05) is 0 Å². The van der Waals surface area contributed by atoms with Crippen LogP contribution in [-0.2, 0) is 21.1 Å². The van der Waals surface area contributed by atoms with E-state index in [4.69, 9.17) is 11.5 Å². The molecule has 0 bridgehead atoms. The molecule has 0 aromatic carbocycles. The van der Waals surface area contributed by atoms with E-state index in [1.807, 2.05) is 0 Å². The van der Waals surface area contributed by atoms with Gasteiger partial charge in [-0.15, -0.1) is 0 Å². The van der Waals surface area contributed by atoms with E-state index < -0.39 is 0 Å². The zero-order valence-electron chi connectivity index (χ0n) is 6.45. The quantitative estimate of drug-likeness (QED) is 0.560. The van der Waals surface area contributed by atoms with Gasteiger partial charge in [0.05, 0.1) is 0 Å². The first-order valence-corrected chi connectivity index (χ1v) is 3.32.